The number of aliphatic hydroxyl groups excluding tert-OH is 1. The lowest BCUT2D eigenvalue weighted by Gasteiger charge is -2.59. The summed E-state index contributed by atoms with van der Waals surface area (Å²) in [6, 6.07) is -0.202. The molecule has 4 saturated carbocycles. The fourth-order valence-electron chi connectivity index (χ4n) is 6.39. The Morgan fingerprint density at radius 3 is 2.47 bits per heavy atom. The fraction of sp³-hybridized carbons (Fsp3) is 0.696. The maximum Gasteiger partial charge on any atom is 0.434 e. The molecule has 1 aromatic heterocycles. The van der Waals surface area contributed by atoms with Gasteiger partial charge in [-0.3, -0.25) is 4.79 Å². The van der Waals surface area contributed by atoms with Crippen LogP contribution in [0.4, 0.5) is 18.0 Å². The Labute approximate surface area is 195 Å². The number of aromatic nitrogens is 2. The molecule has 3 N–H and O–H groups in total. The van der Waals surface area contributed by atoms with Gasteiger partial charge in [-0.25, -0.2) is 9.48 Å². The van der Waals surface area contributed by atoms with Crippen LogP contribution in [0, 0.1) is 23.2 Å². The first-order valence-electron chi connectivity index (χ1n) is 11.5. The zero-order chi connectivity index (χ0) is 24.9. The number of nitrogens with zero attached hydrogens (tertiary/aromatic N) is 2. The number of alkyl halides is 3. The molecule has 8 nitrogen and oxygen atoms in total. The topological polar surface area (TPSA) is 105 Å². The number of hydrogen-bond donors (Lipinski definition) is 3. The molecule has 0 radical (unpaired) electrons. The molecule has 188 valence electrons. The largest absolute Gasteiger partial charge is 0.453 e. The molecule has 1 aromatic rings. The number of carbonyl (C=O) groups is 2. The summed E-state index contributed by atoms with van der Waals surface area (Å²) >= 11 is 0. The molecule has 2 atom stereocenters. The highest BCUT2D eigenvalue weighted by atomic mass is 19.4. The van der Waals surface area contributed by atoms with Gasteiger partial charge in [0.2, 0.25) is 0 Å². The van der Waals surface area contributed by atoms with E-state index in [1.807, 2.05) is 0 Å². The van der Waals surface area contributed by atoms with E-state index in [2.05, 4.69) is 20.5 Å². The number of amides is 2. The molecule has 2 amide bonds. The molecular weight excluding hydrogens is 453 g/mol. The predicted octanol–water partition coefficient (Wildman–Crippen LogP) is 3.42. The van der Waals surface area contributed by atoms with Crippen LogP contribution in [-0.4, -0.2) is 52.2 Å². The van der Waals surface area contributed by atoms with Gasteiger partial charge in [0.05, 0.1) is 24.4 Å². The molecule has 0 aromatic carbocycles. The van der Waals surface area contributed by atoms with Crippen LogP contribution < -0.4 is 10.6 Å². The third-order valence-electron chi connectivity index (χ3n) is 7.58. The summed E-state index contributed by atoms with van der Waals surface area (Å²) in [5.41, 5.74) is -2.84. The molecule has 4 aliphatic carbocycles. The predicted molar refractivity (Wildman–Crippen MR) is 117 cm³/mol. The third kappa shape index (κ3) is 4.67. The number of alkyl carbamates (subject to hydrolysis) is 1. The maximum atomic E-state index is 14.0. The maximum absolute atomic E-state index is 14.0. The van der Waals surface area contributed by atoms with Crippen molar-refractivity contribution in [3.05, 3.63) is 23.5 Å². The minimum absolute atomic E-state index is 0.102. The van der Waals surface area contributed by atoms with E-state index in [4.69, 9.17) is 0 Å². The molecule has 4 fully saturated rings. The molecule has 34 heavy (non-hydrogen) atoms. The van der Waals surface area contributed by atoms with Crippen LogP contribution in [0.3, 0.4) is 0 Å². The Kier molecular flexibility index (Phi) is 6.20. The van der Waals surface area contributed by atoms with Crippen LogP contribution in [0.2, 0.25) is 0 Å². The van der Waals surface area contributed by atoms with Crippen molar-refractivity contribution >= 4 is 18.2 Å². The van der Waals surface area contributed by atoms with E-state index in [0.717, 1.165) is 44.5 Å². The van der Waals surface area contributed by atoms with Crippen molar-refractivity contribution in [2.24, 2.45) is 23.2 Å². The highest BCUT2D eigenvalue weighted by Crippen LogP contribution is 2.59. The molecule has 0 spiro atoms. The van der Waals surface area contributed by atoms with Crippen molar-refractivity contribution in [1.29, 1.82) is 0 Å². The molecule has 5 rings (SSSR count). The lowest BCUT2D eigenvalue weighted by Crippen LogP contribution is -2.60. The van der Waals surface area contributed by atoms with Crippen LogP contribution in [0.15, 0.2) is 12.3 Å². The highest BCUT2D eigenvalue weighted by Gasteiger charge is 2.55. The number of rotatable bonds is 6. The van der Waals surface area contributed by atoms with Gasteiger partial charge < -0.3 is 20.5 Å². The molecule has 4 bridgehead atoms. The number of ether oxygens (including phenoxy) is 1. The second-order valence-corrected chi connectivity index (χ2v) is 10.6. The average molecular weight is 485 g/mol. The minimum atomic E-state index is -4.82. The molecule has 11 heteroatoms. The van der Waals surface area contributed by atoms with Gasteiger partial charge in [0, 0.05) is 18.8 Å². The first-order chi connectivity index (χ1) is 15.9. The van der Waals surface area contributed by atoms with E-state index >= 15 is 0 Å². The number of hydrogen-bond acceptors (Lipinski definition) is 5. The Morgan fingerprint density at radius 2 is 1.91 bits per heavy atom. The van der Waals surface area contributed by atoms with Crippen molar-refractivity contribution in [2.45, 2.75) is 63.7 Å². The lowest BCUT2D eigenvalue weighted by atomic mass is 9.48. The van der Waals surface area contributed by atoms with E-state index < -0.39 is 35.0 Å². The second-order valence-electron chi connectivity index (χ2n) is 10.6. The minimum Gasteiger partial charge on any atom is -0.453 e. The monoisotopic (exact) mass is 484 g/mol. The van der Waals surface area contributed by atoms with E-state index in [1.54, 1.807) is 13.8 Å². The summed E-state index contributed by atoms with van der Waals surface area (Å²) in [5, 5.41) is 19.1. The zero-order valence-electron chi connectivity index (χ0n) is 19.5. The van der Waals surface area contributed by atoms with Crippen LogP contribution in [0.5, 0.6) is 0 Å². The van der Waals surface area contributed by atoms with Gasteiger partial charge in [-0.1, -0.05) is 0 Å². The Morgan fingerprint density at radius 1 is 1.26 bits per heavy atom. The van der Waals surface area contributed by atoms with Crippen LogP contribution in [0.1, 0.15) is 62.0 Å². The summed E-state index contributed by atoms with van der Waals surface area (Å²) in [7, 11) is 1.18. The number of aliphatic hydroxyl groups is 1. The van der Waals surface area contributed by atoms with Crippen LogP contribution in [0.25, 0.3) is 6.20 Å². The number of methoxy groups -OCH3 is 1. The van der Waals surface area contributed by atoms with Gasteiger partial charge in [0.25, 0.3) is 5.91 Å². The first kappa shape index (κ1) is 24.6. The van der Waals surface area contributed by atoms with Crippen molar-refractivity contribution < 1.29 is 32.6 Å². The average Bonchev–Trinajstić information content (AvgIpc) is 3.19. The first-order valence-corrected chi connectivity index (χ1v) is 11.5. The van der Waals surface area contributed by atoms with Gasteiger partial charge in [0.15, 0.2) is 5.69 Å². The molecule has 4 aliphatic rings. The van der Waals surface area contributed by atoms with Gasteiger partial charge >= 0.3 is 12.3 Å². The van der Waals surface area contributed by atoms with E-state index in [0.29, 0.717) is 10.6 Å². The summed E-state index contributed by atoms with van der Waals surface area (Å²) in [4.78, 5) is 24.5. The molecular formula is C23H31F3N4O4. The second kappa shape index (κ2) is 8.58. The Bertz CT molecular complexity index is 971. The summed E-state index contributed by atoms with van der Waals surface area (Å²) < 4.78 is 47.0. The van der Waals surface area contributed by atoms with Crippen molar-refractivity contribution in [3.63, 3.8) is 0 Å². The smallest absolute Gasteiger partial charge is 0.434 e. The highest BCUT2D eigenvalue weighted by molar-refractivity contribution is 5.95. The number of carbonyl (C=O) groups excluding carboxylic acids is 2. The third-order valence-corrected chi connectivity index (χ3v) is 7.58. The number of halogens is 3. The molecule has 0 saturated heterocycles. The van der Waals surface area contributed by atoms with Crippen LogP contribution in [-0.2, 0) is 10.9 Å². The Hall–Kier alpha value is -2.56. The van der Waals surface area contributed by atoms with Crippen LogP contribution >= 0.6 is 0 Å². The number of nitrogens with one attached hydrogen (secondary N) is 2. The summed E-state index contributed by atoms with van der Waals surface area (Å²) in [5.74, 6) is 0.0430. The zero-order valence-corrected chi connectivity index (χ0v) is 19.5. The summed E-state index contributed by atoms with van der Waals surface area (Å²) in [6.07, 6.45) is 2.21. The molecule has 2 unspecified atom stereocenters. The van der Waals surface area contributed by atoms with E-state index in [-0.39, 0.29) is 29.9 Å². The van der Waals surface area contributed by atoms with E-state index in [1.165, 1.54) is 13.2 Å². The quantitative estimate of drug-likeness (QED) is 0.574. The normalized spacial score (nSPS) is 30.6. The fourth-order valence-corrected chi connectivity index (χ4v) is 6.39. The SMILES string of the molecule is COC(=O)NC(C)(C)/C=C/n1ncc(C(=O)N[C@H]2C3CC4CC2C[C@](CO)(C4)C3)c1C(F)(F)F. The molecule has 0 aliphatic heterocycles. The Balaban J connectivity index is 1.54. The standard InChI is InChI=1S/C23H31F3N4O4/c1-21(2,29-20(33)34-3)4-5-30-18(23(24,25)26)16(11-27-30)19(32)28-17-14-6-13-7-15(17)10-22(8-13,9-14)12-31/h4-5,11,13-15,17,31H,6-10,12H2,1-3H3,(H,28,32)(H,29,33)/b5-4+/t13?,14?,15?,17-,22-. The van der Waals surface area contributed by atoms with Crippen molar-refractivity contribution in [3.8, 4) is 0 Å². The summed E-state index contributed by atoms with van der Waals surface area (Å²) in [6.45, 7) is 3.28. The van der Waals surface area contributed by atoms with Gasteiger partial charge in [-0.2, -0.15) is 18.3 Å². The lowest BCUT2D eigenvalue weighted by molar-refractivity contribution is -0.142. The molecule has 1 heterocycles. The van der Waals surface area contributed by atoms with Gasteiger partial charge in [-0.05, 0) is 75.2 Å². The van der Waals surface area contributed by atoms with E-state index in [9.17, 15) is 27.9 Å². The van der Waals surface area contributed by atoms with Gasteiger partial charge in [-0.15, -0.1) is 0 Å². The van der Waals surface area contributed by atoms with Crippen molar-refractivity contribution in [2.75, 3.05) is 13.7 Å². The van der Waals surface area contributed by atoms with Gasteiger partial charge in [0.1, 0.15) is 0 Å². The van der Waals surface area contributed by atoms with Crippen molar-refractivity contribution in [1.82, 2.24) is 20.4 Å².